The third-order valence-electron chi connectivity index (χ3n) is 3.86. The van der Waals surface area contributed by atoms with E-state index in [0.29, 0.717) is 25.6 Å². The maximum atomic E-state index is 12.1. The van der Waals surface area contributed by atoms with Crippen LogP contribution in [0.4, 0.5) is 0 Å². The number of benzene rings is 1. The molecule has 1 aliphatic heterocycles. The Labute approximate surface area is 125 Å². The van der Waals surface area contributed by atoms with Crippen molar-refractivity contribution < 1.29 is 19.0 Å². The molecular weight excluding hydrogens is 270 g/mol. The van der Waals surface area contributed by atoms with E-state index in [1.165, 1.54) is 7.11 Å². The first-order chi connectivity index (χ1) is 10.2. The second kappa shape index (κ2) is 7.54. The first-order valence-electron chi connectivity index (χ1n) is 7.25. The highest BCUT2D eigenvalue weighted by atomic mass is 16.5. The number of ether oxygens (including phenoxy) is 3. The van der Waals surface area contributed by atoms with Gasteiger partial charge in [-0.25, -0.2) is 4.79 Å². The van der Waals surface area contributed by atoms with Gasteiger partial charge in [-0.3, -0.25) is 0 Å². The summed E-state index contributed by atoms with van der Waals surface area (Å²) in [5.41, 5.74) is 5.86. The lowest BCUT2D eigenvalue weighted by Crippen LogP contribution is -2.46. The quantitative estimate of drug-likeness (QED) is 0.609. The largest absolute Gasteiger partial charge is 0.467 e. The minimum atomic E-state index is -1.16. The molecule has 1 fully saturated rings. The zero-order chi connectivity index (χ0) is 15.1. The fourth-order valence-corrected chi connectivity index (χ4v) is 2.48. The number of carbonyl (C=O) groups is 1. The van der Waals surface area contributed by atoms with Crippen LogP contribution in [0.2, 0.25) is 0 Å². The van der Waals surface area contributed by atoms with Gasteiger partial charge in [-0.05, 0) is 12.0 Å². The number of hydrogen-bond donors (Lipinski definition) is 1. The van der Waals surface area contributed by atoms with Crippen LogP contribution >= 0.6 is 0 Å². The number of nitrogens with two attached hydrogens (primary N) is 1. The molecule has 0 aliphatic carbocycles. The van der Waals surface area contributed by atoms with E-state index in [1.54, 1.807) is 0 Å². The molecule has 0 spiro atoms. The molecule has 0 amide bonds. The van der Waals surface area contributed by atoms with Gasteiger partial charge in [0.05, 0.1) is 20.3 Å². The SMILES string of the molecule is COC(=O)C(N)(CCOCC1CCOC1)c1ccccc1. The van der Waals surface area contributed by atoms with Gasteiger partial charge in [0.25, 0.3) is 0 Å². The second-order valence-corrected chi connectivity index (χ2v) is 5.38. The van der Waals surface area contributed by atoms with E-state index in [4.69, 9.17) is 19.9 Å². The monoisotopic (exact) mass is 293 g/mol. The van der Waals surface area contributed by atoms with E-state index in [2.05, 4.69) is 0 Å². The van der Waals surface area contributed by atoms with E-state index in [-0.39, 0.29) is 0 Å². The average molecular weight is 293 g/mol. The van der Waals surface area contributed by atoms with Crippen LogP contribution in [0.25, 0.3) is 0 Å². The van der Waals surface area contributed by atoms with Crippen LogP contribution < -0.4 is 5.73 Å². The van der Waals surface area contributed by atoms with Crippen LogP contribution in [-0.4, -0.2) is 39.5 Å². The minimum Gasteiger partial charge on any atom is -0.467 e. The summed E-state index contributed by atoms with van der Waals surface area (Å²) in [5.74, 6) is 0.00789. The highest BCUT2D eigenvalue weighted by Gasteiger charge is 2.36. The highest BCUT2D eigenvalue weighted by Crippen LogP contribution is 2.24. The van der Waals surface area contributed by atoms with Crippen molar-refractivity contribution in [3.05, 3.63) is 35.9 Å². The predicted octanol–water partition coefficient (Wildman–Crippen LogP) is 1.46. The lowest BCUT2D eigenvalue weighted by molar-refractivity contribution is -0.148. The van der Waals surface area contributed by atoms with E-state index in [0.717, 1.165) is 25.2 Å². The van der Waals surface area contributed by atoms with Gasteiger partial charge in [0, 0.05) is 25.6 Å². The number of carbonyl (C=O) groups excluding carboxylic acids is 1. The molecule has 21 heavy (non-hydrogen) atoms. The van der Waals surface area contributed by atoms with Crippen molar-refractivity contribution >= 4 is 5.97 Å². The first kappa shape index (κ1) is 15.9. The standard InChI is InChI=1S/C16H23NO4/c1-19-15(18)16(17,14-5-3-2-4-6-14)8-10-21-12-13-7-9-20-11-13/h2-6,13H,7-12,17H2,1H3. The van der Waals surface area contributed by atoms with Gasteiger partial charge in [0.1, 0.15) is 5.54 Å². The van der Waals surface area contributed by atoms with Crippen LogP contribution in [0.15, 0.2) is 30.3 Å². The third-order valence-corrected chi connectivity index (χ3v) is 3.86. The molecule has 1 saturated heterocycles. The zero-order valence-corrected chi connectivity index (χ0v) is 12.4. The Morgan fingerprint density at radius 1 is 1.43 bits per heavy atom. The lowest BCUT2D eigenvalue weighted by Gasteiger charge is -2.27. The van der Waals surface area contributed by atoms with Crippen LogP contribution in [0.3, 0.4) is 0 Å². The van der Waals surface area contributed by atoms with Crippen molar-refractivity contribution in [3.63, 3.8) is 0 Å². The smallest absolute Gasteiger partial charge is 0.330 e. The van der Waals surface area contributed by atoms with Gasteiger partial charge in [-0.2, -0.15) is 0 Å². The lowest BCUT2D eigenvalue weighted by atomic mass is 9.88. The molecule has 0 radical (unpaired) electrons. The molecule has 116 valence electrons. The Balaban J connectivity index is 1.92. The molecule has 1 aromatic rings. The molecule has 5 heteroatoms. The number of rotatable bonds is 7. The molecule has 2 unspecified atom stereocenters. The van der Waals surface area contributed by atoms with Crippen LogP contribution in [-0.2, 0) is 24.5 Å². The fraction of sp³-hybridized carbons (Fsp3) is 0.562. The molecule has 2 rings (SSSR count). The van der Waals surface area contributed by atoms with Gasteiger partial charge >= 0.3 is 5.97 Å². The van der Waals surface area contributed by atoms with E-state index in [1.807, 2.05) is 30.3 Å². The summed E-state index contributed by atoms with van der Waals surface area (Å²) in [7, 11) is 1.35. The molecule has 5 nitrogen and oxygen atoms in total. The molecule has 0 saturated carbocycles. The summed E-state index contributed by atoms with van der Waals surface area (Å²) in [5, 5.41) is 0. The average Bonchev–Trinajstić information content (AvgIpc) is 3.04. The molecule has 1 heterocycles. The van der Waals surface area contributed by atoms with E-state index in [9.17, 15) is 4.79 Å². The minimum absolute atomic E-state index is 0.386. The van der Waals surface area contributed by atoms with Gasteiger partial charge in [-0.15, -0.1) is 0 Å². The molecule has 1 aliphatic rings. The molecular formula is C16H23NO4. The van der Waals surface area contributed by atoms with Crippen molar-refractivity contribution in [3.8, 4) is 0 Å². The zero-order valence-electron chi connectivity index (χ0n) is 12.4. The van der Waals surface area contributed by atoms with Crippen LogP contribution in [0.5, 0.6) is 0 Å². The number of hydrogen-bond acceptors (Lipinski definition) is 5. The topological polar surface area (TPSA) is 70.8 Å². The highest BCUT2D eigenvalue weighted by molar-refractivity contribution is 5.82. The fourth-order valence-electron chi connectivity index (χ4n) is 2.48. The van der Waals surface area contributed by atoms with Gasteiger partial charge in [-0.1, -0.05) is 30.3 Å². The van der Waals surface area contributed by atoms with Crippen molar-refractivity contribution in [1.29, 1.82) is 0 Å². The van der Waals surface area contributed by atoms with Gasteiger partial charge < -0.3 is 19.9 Å². The Bertz CT molecular complexity index is 445. The summed E-state index contributed by atoms with van der Waals surface area (Å²) < 4.78 is 15.8. The molecule has 0 bridgehead atoms. The van der Waals surface area contributed by atoms with E-state index >= 15 is 0 Å². The molecule has 0 aromatic heterocycles. The van der Waals surface area contributed by atoms with E-state index < -0.39 is 11.5 Å². The summed E-state index contributed by atoms with van der Waals surface area (Å²) >= 11 is 0. The Morgan fingerprint density at radius 3 is 2.81 bits per heavy atom. The number of esters is 1. The summed E-state index contributed by atoms with van der Waals surface area (Å²) in [6.45, 7) is 2.62. The first-order valence-corrected chi connectivity index (χ1v) is 7.25. The predicted molar refractivity (Wildman–Crippen MR) is 78.7 cm³/mol. The van der Waals surface area contributed by atoms with Crippen molar-refractivity contribution in [2.75, 3.05) is 33.5 Å². The molecule has 2 atom stereocenters. The maximum Gasteiger partial charge on any atom is 0.330 e. The Kier molecular flexibility index (Phi) is 5.73. The maximum absolute atomic E-state index is 12.1. The van der Waals surface area contributed by atoms with Crippen molar-refractivity contribution in [2.24, 2.45) is 11.7 Å². The van der Waals surface area contributed by atoms with Crippen LogP contribution in [0.1, 0.15) is 18.4 Å². The normalized spacial score (nSPS) is 21.0. The second-order valence-electron chi connectivity index (χ2n) is 5.38. The van der Waals surface area contributed by atoms with Crippen LogP contribution in [0, 0.1) is 5.92 Å². The van der Waals surface area contributed by atoms with Crippen molar-refractivity contribution in [2.45, 2.75) is 18.4 Å². The Hall–Kier alpha value is -1.43. The summed E-state index contributed by atoms with van der Waals surface area (Å²) in [6, 6.07) is 9.27. The third kappa shape index (κ3) is 4.03. The molecule has 1 aromatic carbocycles. The Morgan fingerprint density at radius 2 is 2.19 bits per heavy atom. The summed E-state index contributed by atoms with van der Waals surface area (Å²) in [6.07, 6.45) is 1.42. The summed E-state index contributed by atoms with van der Waals surface area (Å²) in [4.78, 5) is 12.1. The number of methoxy groups -OCH3 is 1. The van der Waals surface area contributed by atoms with Gasteiger partial charge in [0.2, 0.25) is 0 Å². The molecule has 2 N–H and O–H groups in total. The van der Waals surface area contributed by atoms with Crippen molar-refractivity contribution in [1.82, 2.24) is 0 Å². The van der Waals surface area contributed by atoms with Gasteiger partial charge in [0.15, 0.2) is 0 Å².